The van der Waals surface area contributed by atoms with Gasteiger partial charge in [-0.15, -0.1) is 0 Å². The average Bonchev–Trinajstić information content (AvgIpc) is 2.95. The van der Waals surface area contributed by atoms with Gasteiger partial charge in [0.05, 0.1) is 7.11 Å². The number of benzene rings is 2. The zero-order valence-corrected chi connectivity index (χ0v) is 28.1. The Morgan fingerprint density at radius 2 is 1.65 bits per heavy atom. The Bertz CT molecular complexity index is 1180. The summed E-state index contributed by atoms with van der Waals surface area (Å²) in [6.07, 6.45) is 6.67. The Morgan fingerprint density at radius 3 is 2.26 bits per heavy atom. The van der Waals surface area contributed by atoms with Crippen molar-refractivity contribution in [2.24, 2.45) is 0 Å². The number of ether oxygens (including phenoxy) is 2. The molecule has 0 saturated carbocycles. The third kappa shape index (κ3) is 12.1. The molecule has 2 aromatic rings. The second kappa shape index (κ2) is 17.8. The molecule has 2 atom stereocenters. The molecular weight excluding hydrogens is 562 g/mol. The Hall–Kier alpha value is -3.20. The number of alkyl carbamates (subject to hydrolysis) is 1. The number of methoxy groups -OCH3 is 1. The molecule has 2 rings (SSSR count). The first-order chi connectivity index (χ1) is 20.4. The fourth-order valence-electron chi connectivity index (χ4n) is 4.79. The van der Waals surface area contributed by atoms with Crippen molar-refractivity contribution in [2.45, 2.75) is 97.8 Å². The number of aryl methyl sites for hydroxylation is 2. The van der Waals surface area contributed by atoms with Gasteiger partial charge in [0.25, 0.3) is 5.91 Å². The molecule has 0 heterocycles. The number of anilines is 1. The molecule has 0 aliphatic rings. The van der Waals surface area contributed by atoms with Crippen LogP contribution in [0.15, 0.2) is 42.5 Å². The van der Waals surface area contributed by atoms with Crippen molar-refractivity contribution in [3.63, 3.8) is 0 Å². The summed E-state index contributed by atoms with van der Waals surface area (Å²) in [7, 11) is 1.59. The van der Waals surface area contributed by atoms with E-state index in [0.717, 1.165) is 48.8 Å². The third-order valence-corrected chi connectivity index (χ3v) is 7.68. The Labute approximate surface area is 262 Å². The zero-order chi connectivity index (χ0) is 32.0. The zero-order valence-electron chi connectivity index (χ0n) is 27.2. The number of thioether (sulfide) groups is 1. The first kappa shape index (κ1) is 36.0. The predicted molar refractivity (Wildman–Crippen MR) is 177 cm³/mol. The van der Waals surface area contributed by atoms with E-state index in [1.807, 2.05) is 38.3 Å². The number of hydrogen-bond acceptors (Lipinski definition) is 6. The van der Waals surface area contributed by atoms with Gasteiger partial charge in [-0.1, -0.05) is 56.4 Å². The van der Waals surface area contributed by atoms with Crippen LogP contribution in [0.1, 0.15) is 89.0 Å². The van der Waals surface area contributed by atoms with Crippen LogP contribution in [0.25, 0.3) is 0 Å². The Balaban J connectivity index is 2.56. The van der Waals surface area contributed by atoms with Crippen LogP contribution in [0.5, 0.6) is 5.75 Å². The van der Waals surface area contributed by atoms with Crippen molar-refractivity contribution in [3.05, 3.63) is 59.2 Å². The molecule has 0 radical (unpaired) electrons. The molecule has 0 saturated heterocycles. The standard InChI is InChI=1S/C34H51N3O5S/c1-9-10-11-12-13-21-37(32(39)29(20-22-43-8)36-33(40)42-34(4,5)6)30(28-23-24(2)14-15-25(28)3)31(38)35-26-16-18-27(41-7)19-17-26/h14-19,23,29-30H,9-13,20-22H2,1-8H3,(H,35,38)(H,36,40). The van der Waals surface area contributed by atoms with Crippen molar-refractivity contribution in [3.8, 4) is 5.75 Å². The third-order valence-electron chi connectivity index (χ3n) is 7.03. The van der Waals surface area contributed by atoms with Crippen molar-refractivity contribution >= 4 is 35.4 Å². The quantitative estimate of drug-likeness (QED) is 0.191. The predicted octanol–water partition coefficient (Wildman–Crippen LogP) is 7.44. The number of nitrogens with zero attached hydrogens (tertiary/aromatic N) is 1. The minimum Gasteiger partial charge on any atom is -0.497 e. The lowest BCUT2D eigenvalue weighted by Crippen LogP contribution is -2.53. The summed E-state index contributed by atoms with van der Waals surface area (Å²) in [6, 6.07) is 11.3. The van der Waals surface area contributed by atoms with E-state index in [-0.39, 0.29) is 11.8 Å². The molecule has 43 heavy (non-hydrogen) atoms. The van der Waals surface area contributed by atoms with Crippen LogP contribution < -0.4 is 15.4 Å². The molecule has 2 N–H and O–H groups in total. The highest BCUT2D eigenvalue weighted by atomic mass is 32.2. The maximum absolute atomic E-state index is 14.5. The minimum atomic E-state index is -0.905. The van der Waals surface area contributed by atoms with Crippen molar-refractivity contribution < 1.29 is 23.9 Å². The van der Waals surface area contributed by atoms with Crippen LogP contribution in [-0.4, -0.2) is 60.1 Å². The second-order valence-electron chi connectivity index (χ2n) is 11.9. The molecule has 0 aliphatic carbocycles. The van der Waals surface area contributed by atoms with Crippen molar-refractivity contribution in [2.75, 3.05) is 31.0 Å². The lowest BCUT2D eigenvalue weighted by Gasteiger charge is -2.35. The van der Waals surface area contributed by atoms with Gasteiger partial charge in [0.1, 0.15) is 23.4 Å². The molecule has 8 nitrogen and oxygen atoms in total. The summed E-state index contributed by atoms with van der Waals surface area (Å²) in [5.41, 5.74) is 2.54. The highest BCUT2D eigenvalue weighted by Gasteiger charge is 2.36. The highest BCUT2D eigenvalue weighted by Crippen LogP contribution is 2.29. The van der Waals surface area contributed by atoms with Crippen molar-refractivity contribution in [1.29, 1.82) is 0 Å². The molecule has 0 fully saturated rings. The van der Waals surface area contributed by atoms with Gasteiger partial charge >= 0.3 is 6.09 Å². The van der Waals surface area contributed by atoms with Crippen LogP contribution in [0.4, 0.5) is 10.5 Å². The molecule has 3 amide bonds. The van der Waals surface area contributed by atoms with E-state index < -0.39 is 23.8 Å². The molecule has 9 heteroatoms. The molecular formula is C34H51N3O5S. The van der Waals surface area contributed by atoms with Gasteiger partial charge in [0, 0.05) is 12.2 Å². The highest BCUT2D eigenvalue weighted by molar-refractivity contribution is 7.98. The van der Waals surface area contributed by atoms with Crippen LogP contribution in [0.2, 0.25) is 0 Å². The summed E-state index contributed by atoms with van der Waals surface area (Å²) in [5, 5.41) is 5.86. The number of unbranched alkanes of at least 4 members (excludes halogenated alkanes) is 4. The van der Waals surface area contributed by atoms with Crippen LogP contribution in [-0.2, 0) is 14.3 Å². The summed E-state index contributed by atoms with van der Waals surface area (Å²) < 4.78 is 10.8. The number of hydrogen-bond donors (Lipinski definition) is 2. The van der Waals surface area contributed by atoms with E-state index in [0.29, 0.717) is 30.2 Å². The smallest absolute Gasteiger partial charge is 0.408 e. The summed E-state index contributed by atoms with van der Waals surface area (Å²) >= 11 is 1.59. The summed E-state index contributed by atoms with van der Waals surface area (Å²) in [6.45, 7) is 11.8. The molecule has 0 spiro atoms. The van der Waals surface area contributed by atoms with E-state index in [1.54, 1.807) is 68.8 Å². The van der Waals surface area contributed by atoms with E-state index in [1.165, 1.54) is 0 Å². The molecule has 2 aromatic carbocycles. The van der Waals surface area contributed by atoms with E-state index >= 15 is 0 Å². The maximum Gasteiger partial charge on any atom is 0.408 e. The normalized spacial score (nSPS) is 12.7. The fraction of sp³-hybridized carbons (Fsp3) is 0.559. The minimum absolute atomic E-state index is 0.300. The summed E-state index contributed by atoms with van der Waals surface area (Å²) in [4.78, 5) is 43.2. The first-order valence-electron chi connectivity index (χ1n) is 15.2. The number of rotatable bonds is 16. The van der Waals surface area contributed by atoms with Crippen LogP contribution in [0.3, 0.4) is 0 Å². The number of carbonyl (C=O) groups excluding carboxylic acids is 3. The van der Waals surface area contributed by atoms with Gasteiger partial charge in [-0.3, -0.25) is 9.59 Å². The van der Waals surface area contributed by atoms with Gasteiger partial charge in [-0.05, 0) is 94.9 Å². The van der Waals surface area contributed by atoms with Crippen molar-refractivity contribution in [1.82, 2.24) is 10.2 Å². The van der Waals surface area contributed by atoms with Gasteiger partial charge < -0.3 is 25.0 Å². The van der Waals surface area contributed by atoms with E-state index in [9.17, 15) is 14.4 Å². The second-order valence-corrected chi connectivity index (χ2v) is 12.9. The number of carbonyl (C=O) groups is 3. The Morgan fingerprint density at radius 1 is 0.977 bits per heavy atom. The number of nitrogens with one attached hydrogen (secondary N) is 2. The maximum atomic E-state index is 14.5. The Kier molecular flexibility index (Phi) is 14.9. The largest absolute Gasteiger partial charge is 0.497 e. The SMILES string of the molecule is CCCCCCCN(C(=O)C(CCSC)NC(=O)OC(C)(C)C)C(C(=O)Nc1ccc(OC)cc1)c1cc(C)ccc1C. The van der Waals surface area contributed by atoms with E-state index in [2.05, 4.69) is 17.6 Å². The summed E-state index contributed by atoms with van der Waals surface area (Å²) in [5.74, 6) is 0.716. The first-order valence-corrected chi connectivity index (χ1v) is 16.6. The van der Waals surface area contributed by atoms with Gasteiger partial charge in [-0.2, -0.15) is 11.8 Å². The van der Waals surface area contributed by atoms with Crippen LogP contribution >= 0.6 is 11.8 Å². The lowest BCUT2D eigenvalue weighted by molar-refractivity contribution is -0.141. The van der Waals surface area contributed by atoms with E-state index in [4.69, 9.17) is 9.47 Å². The van der Waals surface area contributed by atoms with Gasteiger partial charge in [0.15, 0.2) is 0 Å². The lowest BCUT2D eigenvalue weighted by atomic mass is 9.95. The average molecular weight is 614 g/mol. The molecule has 0 aliphatic heterocycles. The molecule has 238 valence electrons. The number of amides is 3. The topological polar surface area (TPSA) is 97.0 Å². The monoisotopic (exact) mass is 613 g/mol. The van der Waals surface area contributed by atoms with Crippen LogP contribution in [0, 0.1) is 13.8 Å². The van der Waals surface area contributed by atoms with Gasteiger partial charge in [-0.25, -0.2) is 4.79 Å². The molecule has 2 unspecified atom stereocenters. The van der Waals surface area contributed by atoms with Gasteiger partial charge in [0.2, 0.25) is 5.91 Å². The fourth-order valence-corrected chi connectivity index (χ4v) is 5.26. The molecule has 0 bridgehead atoms. The molecule has 0 aromatic heterocycles.